The number of ether oxygens (including phenoxy) is 1. The molecular formula is C13H8ClF3N2O3. The van der Waals surface area contributed by atoms with Crippen molar-refractivity contribution in [3.05, 3.63) is 50.9 Å². The number of hydrogen-bond acceptors (Lipinski definition) is 4. The average molecular weight is 333 g/mol. The van der Waals surface area contributed by atoms with E-state index in [4.69, 9.17) is 11.6 Å². The number of esters is 1. The first kappa shape index (κ1) is 16.0. The Morgan fingerprint density at radius 3 is 2.36 bits per heavy atom. The van der Waals surface area contributed by atoms with Crippen LogP contribution in [0, 0.1) is 0 Å². The van der Waals surface area contributed by atoms with Crippen molar-refractivity contribution in [2.24, 2.45) is 0 Å². The summed E-state index contributed by atoms with van der Waals surface area (Å²) in [5, 5.41) is 0.369. The van der Waals surface area contributed by atoms with Gasteiger partial charge in [0.2, 0.25) is 0 Å². The van der Waals surface area contributed by atoms with Gasteiger partial charge in [-0.1, -0.05) is 11.6 Å². The fraction of sp³-hybridized carbons (Fsp3) is 0.154. The third-order valence-corrected chi connectivity index (χ3v) is 2.95. The van der Waals surface area contributed by atoms with Gasteiger partial charge in [-0.25, -0.2) is 9.78 Å². The van der Waals surface area contributed by atoms with Crippen LogP contribution in [-0.2, 0) is 10.9 Å². The molecule has 5 nitrogen and oxygen atoms in total. The first-order chi connectivity index (χ1) is 10.2. The van der Waals surface area contributed by atoms with Crippen molar-refractivity contribution in [1.82, 2.24) is 9.97 Å². The Balaban J connectivity index is 2.71. The van der Waals surface area contributed by atoms with Gasteiger partial charge in [0.1, 0.15) is 5.82 Å². The lowest BCUT2D eigenvalue weighted by molar-refractivity contribution is -0.141. The number of halogens is 4. The topological polar surface area (TPSA) is 72.0 Å². The van der Waals surface area contributed by atoms with Crippen molar-refractivity contribution >= 4 is 17.6 Å². The number of aromatic amines is 1. The van der Waals surface area contributed by atoms with Gasteiger partial charge in [0.25, 0.3) is 5.56 Å². The molecule has 1 aromatic carbocycles. The number of aromatic nitrogens is 2. The van der Waals surface area contributed by atoms with Gasteiger partial charge >= 0.3 is 12.1 Å². The first-order valence-corrected chi connectivity index (χ1v) is 6.17. The van der Waals surface area contributed by atoms with E-state index in [1.165, 1.54) is 24.3 Å². The second-order valence-corrected chi connectivity index (χ2v) is 4.57. The van der Waals surface area contributed by atoms with E-state index in [0.29, 0.717) is 5.02 Å². The van der Waals surface area contributed by atoms with E-state index in [2.05, 4.69) is 14.7 Å². The smallest absolute Gasteiger partial charge is 0.434 e. The Morgan fingerprint density at radius 1 is 1.27 bits per heavy atom. The minimum atomic E-state index is -4.99. The lowest BCUT2D eigenvalue weighted by Gasteiger charge is -2.11. The number of rotatable bonds is 2. The molecule has 9 heteroatoms. The summed E-state index contributed by atoms with van der Waals surface area (Å²) in [7, 11) is 0.870. The molecule has 0 saturated heterocycles. The summed E-state index contributed by atoms with van der Waals surface area (Å²) in [5.74, 6) is -1.75. The molecule has 0 bridgehead atoms. The van der Waals surface area contributed by atoms with Gasteiger partial charge < -0.3 is 9.72 Å². The normalized spacial score (nSPS) is 11.3. The molecule has 2 rings (SSSR count). The number of methoxy groups -OCH3 is 1. The number of benzene rings is 1. The van der Waals surface area contributed by atoms with E-state index in [9.17, 15) is 22.8 Å². The predicted molar refractivity (Wildman–Crippen MR) is 71.6 cm³/mol. The van der Waals surface area contributed by atoms with Gasteiger partial charge in [-0.05, 0) is 24.3 Å². The fourth-order valence-corrected chi connectivity index (χ4v) is 1.84. The molecule has 116 valence electrons. The van der Waals surface area contributed by atoms with Crippen LogP contribution in [0.1, 0.15) is 16.1 Å². The highest BCUT2D eigenvalue weighted by Crippen LogP contribution is 2.30. The summed E-state index contributed by atoms with van der Waals surface area (Å²) in [4.78, 5) is 28.7. The molecule has 0 amide bonds. The summed E-state index contributed by atoms with van der Waals surface area (Å²) in [6.07, 6.45) is -4.99. The number of carbonyl (C=O) groups excluding carboxylic acids is 1. The van der Waals surface area contributed by atoms with Gasteiger partial charge in [0.15, 0.2) is 11.3 Å². The first-order valence-electron chi connectivity index (χ1n) is 5.80. The van der Waals surface area contributed by atoms with Crippen molar-refractivity contribution in [3.8, 4) is 11.4 Å². The molecule has 22 heavy (non-hydrogen) atoms. The van der Waals surface area contributed by atoms with E-state index < -0.39 is 29.0 Å². The van der Waals surface area contributed by atoms with E-state index in [-0.39, 0.29) is 11.4 Å². The minimum Gasteiger partial charge on any atom is -0.465 e. The largest absolute Gasteiger partial charge is 0.465 e. The molecule has 0 fully saturated rings. The standard InChI is InChI=1S/C13H8ClF3N2O3/c1-22-12(21)8-9(13(15,16)17)18-10(19-11(8)20)6-2-4-7(14)5-3-6/h2-5H,1H3,(H,18,19,20). The third kappa shape index (κ3) is 3.11. The molecule has 0 aliphatic heterocycles. The Kier molecular flexibility index (Phi) is 4.23. The summed E-state index contributed by atoms with van der Waals surface area (Å²) in [6.45, 7) is 0. The maximum absolute atomic E-state index is 13.0. The molecule has 1 N–H and O–H groups in total. The van der Waals surface area contributed by atoms with Crippen LogP contribution in [0.3, 0.4) is 0 Å². The molecule has 2 aromatic rings. The van der Waals surface area contributed by atoms with Gasteiger partial charge in [0, 0.05) is 10.6 Å². The Hall–Kier alpha value is -2.35. The number of nitrogens with zero attached hydrogens (tertiary/aromatic N) is 1. The van der Waals surface area contributed by atoms with Crippen LogP contribution < -0.4 is 5.56 Å². The van der Waals surface area contributed by atoms with Crippen LogP contribution in [0.25, 0.3) is 11.4 Å². The van der Waals surface area contributed by atoms with Crippen molar-refractivity contribution < 1.29 is 22.7 Å². The summed E-state index contributed by atoms with van der Waals surface area (Å²) in [6, 6.07) is 5.63. The quantitative estimate of drug-likeness (QED) is 0.858. The predicted octanol–water partition coefficient (Wildman–Crippen LogP) is 2.90. The zero-order valence-electron chi connectivity index (χ0n) is 11.0. The molecule has 0 aliphatic rings. The summed E-state index contributed by atoms with van der Waals surface area (Å²) < 4.78 is 43.3. The van der Waals surface area contributed by atoms with Crippen molar-refractivity contribution in [2.75, 3.05) is 7.11 Å². The molecule has 1 heterocycles. The Morgan fingerprint density at radius 2 is 1.86 bits per heavy atom. The van der Waals surface area contributed by atoms with Gasteiger partial charge in [-0.15, -0.1) is 0 Å². The van der Waals surface area contributed by atoms with E-state index in [1.807, 2.05) is 0 Å². The molecule has 0 unspecified atom stereocenters. The molecular weight excluding hydrogens is 325 g/mol. The van der Waals surface area contributed by atoms with Gasteiger partial charge in [-0.3, -0.25) is 4.79 Å². The molecule has 0 atom stereocenters. The number of carbonyl (C=O) groups is 1. The Bertz CT molecular complexity index is 770. The number of H-pyrrole nitrogens is 1. The van der Waals surface area contributed by atoms with E-state index in [1.54, 1.807) is 0 Å². The highest BCUT2D eigenvalue weighted by molar-refractivity contribution is 6.30. The van der Waals surface area contributed by atoms with Crippen LogP contribution in [0.15, 0.2) is 29.1 Å². The second-order valence-electron chi connectivity index (χ2n) is 4.13. The monoisotopic (exact) mass is 332 g/mol. The number of hydrogen-bond donors (Lipinski definition) is 1. The van der Waals surface area contributed by atoms with Crippen molar-refractivity contribution in [2.45, 2.75) is 6.18 Å². The lowest BCUT2D eigenvalue weighted by Crippen LogP contribution is -2.28. The fourth-order valence-electron chi connectivity index (χ4n) is 1.71. The maximum atomic E-state index is 13.0. The van der Waals surface area contributed by atoms with Crippen molar-refractivity contribution in [3.63, 3.8) is 0 Å². The molecule has 1 aromatic heterocycles. The van der Waals surface area contributed by atoms with Gasteiger partial charge in [0.05, 0.1) is 7.11 Å². The van der Waals surface area contributed by atoms with Crippen LogP contribution in [0.4, 0.5) is 13.2 Å². The van der Waals surface area contributed by atoms with Crippen LogP contribution in [0.5, 0.6) is 0 Å². The SMILES string of the molecule is COC(=O)c1c(C(F)(F)F)nc(-c2ccc(Cl)cc2)[nH]c1=O. The number of alkyl halides is 3. The second kappa shape index (κ2) is 5.80. The van der Waals surface area contributed by atoms with Gasteiger partial charge in [-0.2, -0.15) is 13.2 Å². The average Bonchev–Trinajstić information content (AvgIpc) is 2.45. The third-order valence-electron chi connectivity index (χ3n) is 2.70. The molecule has 0 saturated carbocycles. The van der Waals surface area contributed by atoms with E-state index >= 15 is 0 Å². The maximum Gasteiger partial charge on any atom is 0.434 e. The molecule has 0 spiro atoms. The zero-order valence-corrected chi connectivity index (χ0v) is 11.7. The highest BCUT2D eigenvalue weighted by atomic mass is 35.5. The van der Waals surface area contributed by atoms with Crippen LogP contribution >= 0.6 is 11.6 Å². The van der Waals surface area contributed by atoms with Crippen molar-refractivity contribution in [1.29, 1.82) is 0 Å². The van der Waals surface area contributed by atoms with Crippen LogP contribution in [0.2, 0.25) is 5.02 Å². The molecule has 0 radical (unpaired) electrons. The molecule has 0 aliphatic carbocycles. The van der Waals surface area contributed by atoms with Crippen LogP contribution in [-0.4, -0.2) is 23.0 Å². The lowest BCUT2D eigenvalue weighted by atomic mass is 10.1. The highest BCUT2D eigenvalue weighted by Gasteiger charge is 2.40. The zero-order chi connectivity index (χ0) is 16.5. The summed E-state index contributed by atoms with van der Waals surface area (Å²) >= 11 is 5.69. The summed E-state index contributed by atoms with van der Waals surface area (Å²) in [5.41, 5.74) is -3.82. The van der Waals surface area contributed by atoms with E-state index in [0.717, 1.165) is 7.11 Å². The number of nitrogens with one attached hydrogen (secondary N) is 1. The Labute approximate surface area is 126 Å². The minimum absolute atomic E-state index is 0.211.